The first-order chi connectivity index (χ1) is 18.8. The Hall–Kier alpha value is -4.42. The molecule has 0 spiro atoms. The second-order valence-corrected chi connectivity index (χ2v) is 9.18. The highest BCUT2D eigenvalue weighted by atomic mass is 35.5. The van der Waals surface area contributed by atoms with E-state index in [0.717, 1.165) is 12.5 Å². The number of nitrogens with zero attached hydrogens (tertiary/aromatic N) is 5. The van der Waals surface area contributed by atoms with Crippen molar-refractivity contribution in [1.29, 1.82) is 0 Å². The summed E-state index contributed by atoms with van der Waals surface area (Å²) >= 11 is 6.19. The number of pyridine rings is 2. The number of ether oxygens (including phenoxy) is 2. The van der Waals surface area contributed by atoms with Crippen molar-refractivity contribution in [2.45, 2.75) is 32.4 Å². The Bertz CT molecular complexity index is 1770. The summed E-state index contributed by atoms with van der Waals surface area (Å²) in [6, 6.07) is 9.77. The van der Waals surface area contributed by atoms with Crippen LogP contribution in [0, 0.1) is 10.1 Å². The van der Waals surface area contributed by atoms with Crippen LogP contribution in [0.3, 0.4) is 0 Å². The summed E-state index contributed by atoms with van der Waals surface area (Å²) in [7, 11) is 0. The molecule has 0 aliphatic carbocycles. The summed E-state index contributed by atoms with van der Waals surface area (Å²) in [4.78, 5) is 59.5. The molecule has 1 aliphatic rings. The summed E-state index contributed by atoms with van der Waals surface area (Å²) < 4.78 is 13.9. The van der Waals surface area contributed by atoms with Crippen molar-refractivity contribution in [1.82, 2.24) is 14.0 Å². The Balaban J connectivity index is 1.85. The van der Waals surface area contributed by atoms with Gasteiger partial charge in [-0.25, -0.2) is 9.78 Å². The van der Waals surface area contributed by atoms with E-state index < -0.39 is 22.4 Å². The van der Waals surface area contributed by atoms with E-state index >= 15 is 0 Å². The Morgan fingerprint density at radius 1 is 1.26 bits per heavy atom. The van der Waals surface area contributed by atoms with Gasteiger partial charge in [0, 0.05) is 24.9 Å². The van der Waals surface area contributed by atoms with Gasteiger partial charge in [-0.15, -0.1) is 0 Å². The van der Waals surface area contributed by atoms with Gasteiger partial charge in [0.15, 0.2) is 5.49 Å². The minimum Gasteiger partial charge on any atom is -0.462 e. The number of hydrogen-bond acceptors (Lipinski definition) is 8. The number of carbonyl (C=O) groups excluding carboxylic acids is 2. The number of rotatable bonds is 6. The van der Waals surface area contributed by atoms with Crippen LogP contribution in [0.15, 0.2) is 58.4 Å². The van der Waals surface area contributed by atoms with E-state index in [1.165, 1.54) is 27.2 Å². The standard InChI is InChI=1S/C26H22ClN5O7/c1-2-38-26(35)19-13-18-22(28-21-7-3-4-10-30(21)25(18)34)31(14-16-6-5-11-39-16)23(19)29-24(33)17-12-15(32(36)37)8-9-20(17)27/h3-4,7-10,12-13,16H,2,5-6,11,14H2,1H3. The molecule has 12 nitrogen and oxygen atoms in total. The van der Waals surface area contributed by atoms with Crippen LogP contribution in [-0.2, 0) is 16.0 Å². The van der Waals surface area contributed by atoms with Crippen molar-refractivity contribution in [3.63, 3.8) is 0 Å². The van der Waals surface area contributed by atoms with E-state index in [1.807, 2.05) is 0 Å². The van der Waals surface area contributed by atoms with Crippen molar-refractivity contribution in [3.05, 3.63) is 90.8 Å². The van der Waals surface area contributed by atoms with Crippen LogP contribution >= 0.6 is 11.6 Å². The van der Waals surface area contributed by atoms with Crippen LogP contribution in [0.25, 0.3) is 16.7 Å². The molecule has 1 aromatic carbocycles. The molecule has 0 saturated carbocycles. The molecule has 0 N–H and O–H groups in total. The first-order valence-electron chi connectivity index (χ1n) is 12.1. The zero-order chi connectivity index (χ0) is 27.7. The Morgan fingerprint density at radius 3 is 2.79 bits per heavy atom. The average Bonchev–Trinajstić information content (AvgIpc) is 3.43. The number of aromatic nitrogens is 3. The predicted molar refractivity (Wildman–Crippen MR) is 140 cm³/mol. The third kappa shape index (κ3) is 5.03. The van der Waals surface area contributed by atoms with Gasteiger partial charge >= 0.3 is 5.97 Å². The van der Waals surface area contributed by atoms with Crippen molar-refractivity contribution in [2.24, 2.45) is 4.99 Å². The maximum Gasteiger partial charge on any atom is 0.341 e. The lowest BCUT2D eigenvalue weighted by molar-refractivity contribution is -0.384. The molecule has 1 amide bonds. The normalized spacial score (nSPS) is 15.6. The summed E-state index contributed by atoms with van der Waals surface area (Å²) in [5.74, 6) is -1.73. The summed E-state index contributed by atoms with van der Waals surface area (Å²) in [6.07, 6.45) is 2.78. The van der Waals surface area contributed by atoms with Crippen molar-refractivity contribution >= 4 is 45.8 Å². The van der Waals surface area contributed by atoms with Crippen molar-refractivity contribution in [3.8, 4) is 0 Å². The molecule has 4 heterocycles. The minimum absolute atomic E-state index is 0.0294. The second-order valence-electron chi connectivity index (χ2n) is 8.77. The van der Waals surface area contributed by atoms with E-state index in [0.29, 0.717) is 18.7 Å². The van der Waals surface area contributed by atoms with E-state index in [4.69, 9.17) is 21.1 Å². The van der Waals surface area contributed by atoms with Gasteiger partial charge in [-0.3, -0.25) is 24.1 Å². The molecule has 13 heteroatoms. The number of nitro benzene ring substituents is 1. The van der Waals surface area contributed by atoms with E-state index in [2.05, 4.69) is 9.98 Å². The van der Waals surface area contributed by atoms with Gasteiger partial charge in [0.1, 0.15) is 16.9 Å². The number of fused-ring (bicyclic) bond motifs is 2. The van der Waals surface area contributed by atoms with Gasteiger partial charge in [0.2, 0.25) is 0 Å². The van der Waals surface area contributed by atoms with Crippen LogP contribution in [0.5, 0.6) is 0 Å². The molecular weight excluding hydrogens is 530 g/mol. The van der Waals surface area contributed by atoms with E-state index in [1.54, 1.807) is 31.3 Å². The number of halogens is 1. The highest BCUT2D eigenvalue weighted by Crippen LogP contribution is 2.23. The van der Waals surface area contributed by atoms with Crippen LogP contribution in [-0.4, -0.2) is 50.1 Å². The predicted octanol–water partition coefficient (Wildman–Crippen LogP) is 3.31. The molecule has 3 aromatic heterocycles. The first-order valence-corrected chi connectivity index (χ1v) is 12.5. The van der Waals surface area contributed by atoms with Gasteiger partial charge in [0.25, 0.3) is 17.2 Å². The maximum atomic E-state index is 13.5. The summed E-state index contributed by atoms with van der Waals surface area (Å²) in [5.41, 5.74) is -0.748. The fraction of sp³-hybridized carbons (Fsp3) is 0.269. The zero-order valence-corrected chi connectivity index (χ0v) is 21.5. The maximum absolute atomic E-state index is 13.5. The largest absolute Gasteiger partial charge is 0.462 e. The van der Waals surface area contributed by atoms with Gasteiger partial charge in [0.05, 0.1) is 40.2 Å². The number of carbonyl (C=O) groups is 2. The van der Waals surface area contributed by atoms with Crippen molar-refractivity contribution < 1.29 is 24.0 Å². The van der Waals surface area contributed by atoms with Crippen LogP contribution < -0.4 is 11.0 Å². The number of benzene rings is 1. The summed E-state index contributed by atoms with van der Waals surface area (Å²) in [6.45, 7) is 2.32. The third-order valence-electron chi connectivity index (χ3n) is 6.29. The molecule has 0 radical (unpaired) electrons. The fourth-order valence-electron chi connectivity index (χ4n) is 4.47. The van der Waals surface area contributed by atoms with Crippen LogP contribution in [0.1, 0.15) is 40.5 Å². The molecular formula is C26H22ClN5O7. The highest BCUT2D eigenvalue weighted by molar-refractivity contribution is 6.34. The first kappa shape index (κ1) is 26.2. The molecule has 1 fully saturated rings. The third-order valence-corrected chi connectivity index (χ3v) is 6.62. The smallest absolute Gasteiger partial charge is 0.341 e. The molecule has 1 aliphatic heterocycles. The van der Waals surface area contributed by atoms with Crippen molar-refractivity contribution in [2.75, 3.05) is 13.2 Å². The fourth-order valence-corrected chi connectivity index (χ4v) is 4.67. The number of non-ortho nitro benzene ring substituents is 1. The monoisotopic (exact) mass is 551 g/mol. The lowest BCUT2D eigenvalue weighted by Gasteiger charge is -2.18. The molecule has 39 heavy (non-hydrogen) atoms. The topological polar surface area (TPSA) is 147 Å². The molecule has 1 unspecified atom stereocenters. The van der Waals surface area contributed by atoms with Gasteiger partial charge in [-0.2, -0.15) is 4.99 Å². The van der Waals surface area contributed by atoms with E-state index in [9.17, 15) is 24.5 Å². The molecule has 1 atom stereocenters. The van der Waals surface area contributed by atoms with Gasteiger partial charge in [-0.1, -0.05) is 17.7 Å². The SMILES string of the molecule is CCOC(=O)c1cc2c(=O)n3ccccc3nc2n(CC2CCCO2)c1=NC(=O)c1cc([N+](=O)[O-])ccc1Cl. The Kier molecular flexibility index (Phi) is 7.22. The Morgan fingerprint density at radius 2 is 2.08 bits per heavy atom. The van der Waals surface area contributed by atoms with E-state index in [-0.39, 0.29) is 57.6 Å². The van der Waals surface area contributed by atoms with Gasteiger partial charge in [-0.05, 0) is 44.0 Å². The Labute approximate surface area is 225 Å². The number of esters is 1. The van der Waals surface area contributed by atoms with Gasteiger partial charge < -0.3 is 14.0 Å². The second kappa shape index (κ2) is 10.8. The van der Waals surface area contributed by atoms with Crippen LogP contribution in [0.4, 0.5) is 5.69 Å². The zero-order valence-electron chi connectivity index (χ0n) is 20.7. The average molecular weight is 552 g/mol. The lowest BCUT2D eigenvalue weighted by atomic mass is 10.1. The number of amides is 1. The summed E-state index contributed by atoms with van der Waals surface area (Å²) in [5, 5.41) is 11.4. The minimum atomic E-state index is -0.924. The quantitative estimate of drug-likeness (QED) is 0.153. The number of hydrogen-bond donors (Lipinski definition) is 0. The van der Waals surface area contributed by atoms with Crippen LogP contribution in [0.2, 0.25) is 5.02 Å². The molecule has 1 saturated heterocycles. The molecule has 0 bridgehead atoms. The molecule has 4 aromatic rings. The molecule has 200 valence electrons. The highest BCUT2D eigenvalue weighted by Gasteiger charge is 2.24. The lowest BCUT2D eigenvalue weighted by Crippen LogP contribution is -2.35. The molecule has 5 rings (SSSR count). The number of nitro groups is 1.